The highest BCUT2D eigenvalue weighted by Gasteiger charge is 2.38. The Labute approximate surface area is 111 Å². The molecule has 1 rings (SSSR count). The Bertz CT molecular complexity index is 279. The summed E-state index contributed by atoms with van der Waals surface area (Å²) in [4.78, 5) is 14.2. The molecule has 0 amide bonds. The van der Waals surface area contributed by atoms with Gasteiger partial charge in [0.15, 0.2) is 0 Å². The molecule has 1 fully saturated rings. The van der Waals surface area contributed by atoms with E-state index >= 15 is 0 Å². The van der Waals surface area contributed by atoms with E-state index in [2.05, 4.69) is 31.1 Å². The Hall–Kier alpha value is -0.610. The third kappa shape index (κ3) is 3.95. The van der Waals surface area contributed by atoms with Crippen molar-refractivity contribution in [2.75, 3.05) is 27.2 Å². The lowest BCUT2D eigenvalue weighted by Gasteiger charge is -2.35. The van der Waals surface area contributed by atoms with E-state index < -0.39 is 5.54 Å². The van der Waals surface area contributed by atoms with Crippen LogP contribution in [0, 0.1) is 5.92 Å². The molecule has 2 atom stereocenters. The molecule has 2 unspecified atom stereocenters. The average Bonchev–Trinajstić information content (AvgIpc) is 3.18. The smallest absolute Gasteiger partial charge is 0.327 e. The van der Waals surface area contributed by atoms with Crippen molar-refractivity contribution in [3.8, 4) is 0 Å². The van der Waals surface area contributed by atoms with E-state index in [-0.39, 0.29) is 5.97 Å². The Morgan fingerprint density at radius 3 is 2.61 bits per heavy atom. The van der Waals surface area contributed by atoms with Gasteiger partial charge < -0.3 is 15.0 Å². The number of likely N-dealkylation sites (N-methyl/N-ethyl adjacent to an activating group) is 1. The van der Waals surface area contributed by atoms with Crippen molar-refractivity contribution >= 4 is 5.97 Å². The Morgan fingerprint density at radius 2 is 2.17 bits per heavy atom. The van der Waals surface area contributed by atoms with Gasteiger partial charge in [-0.25, -0.2) is 0 Å². The molecule has 1 aliphatic carbocycles. The number of esters is 1. The van der Waals surface area contributed by atoms with Gasteiger partial charge in [0.2, 0.25) is 0 Å². The molecule has 0 spiro atoms. The van der Waals surface area contributed by atoms with E-state index in [0.717, 1.165) is 18.9 Å². The summed E-state index contributed by atoms with van der Waals surface area (Å²) in [5.41, 5.74) is -0.608. The van der Waals surface area contributed by atoms with Crippen LogP contribution in [0.5, 0.6) is 0 Å². The molecule has 0 heterocycles. The molecule has 0 saturated heterocycles. The first kappa shape index (κ1) is 15.4. The molecule has 1 N–H and O–H groups in total. The molecule has 1 aliphatic rings. The number of nitrogens with one attached hydrogen (secondary N) is 1. The van der Waals surface area contributed by atoms with Crippen molar-refractivity contribution in [3.63, 3.8) is 0 Å². The Morgan fingerprint density at radius 1 is 1.56 bits per heavy atom. The summed E-state index contributed by atoms with van der Waals surface area (Å²) in [6.45, 7) is 7.80. The summed E-state index contributed by atoms with van der Waals surface area (Å²) in [6.07, 6.45) is 3.65. The Balaban J connectivity index is 2.61. The fourth-order valence-corrected chi connectivity index (χ4v) is 2.40. The number of nitrogens with zero attached hydrogens (tertiary/aromatic N) is 1. The quantitative estimate of drug-likeness (QED) is 0.671. The first-order chi connectivity index (χ1) is 8.44. The van der Waals surface area contributed by atoms with E-state index in [1.54, 1.807) is 0 Å². The van der Waals surface area contributed by atoms with Crippen molar-refractivity contribution in [1.29, 1.82) is 0 Å². The topological polar surface area (TPSA) is 41.6 Å². The van der Waals surface area contributed by atoms with Crippen LogP contribution in [0.4, 0.5) is 0 Å². The van der Waals surface area contributed by atoms with E-state index in [0.29, 0.717) is 12.6 Å². The van der Waals surface area contributed by atoms with Crippen LogP contribution in [0.1, 0.15) is 40.0 Å². The van der Waals surface area contributed by atoms with Crippen molar-refractivity contribution in [2.24, 2.45) is 5.92 Å². The number of methoxy groups -OCH3 is 1. The van der Waals surface area contributed by atoms with Crippen molar-refractivity contribution in [2.45, 2.75) is 51.6 Å². The molecular weight excluding hydrogens is 228 g/mol. The third-order valence-electron chi connectivity index (χ3n) is 3.97. The maximum atomic E-state index is 12.0. The molecule has 0 bridgehead atoms. The van der Waals surface area contributed by atoms with Gasteiger partial charge in [-0.1, -0.05) is 6.92 Å². The molecular formula is C14H28N2O2. The predicted octanol–water partition coefficient (Wildman–Crippen LogP) is 1.65. The van der Waals surface area contributed by atoms with Crippen LogP contribution in [-0.2, 0) is 9.53 Å². The lowest BCUT2D eigenvalue weighted by Crippen LogP contribution is -2.58. The second-order valence-electron chi connectivity index (χ2n) is 5.74. The maximum absolute atomic E-state index is 12.0. The highest BCUT2D eigenvalue weighted by atomic mass is 16.5. The molecule has 106 valence electrons. The standard InChI is InChI=1S/C14H28N2O2/c1-6-9-15-14(3,13(17)18-5)10-16(4)11(2)12-7-8-12/h11-12,15H,6-10H2,1-5H3. The number of carbonyl (C=O) groups is 1. The summed E-state index contributed by atoms with van der Waals surface area (Å²) in [5.74, 6) is 0.633. The average molecular weight is 256 g/mol. The van der Waals surface area contributed by atoms with Gasteiger partial charge in [-0.15, -0.1) is 0 Å². The molecule has 0 aliphatic heterocycles. The molecule has 0 aromatic carbocycles. The van der Waals surface area contributed by atoms with Crippen LogP contribution in [0.2, 0.25) is 0 Å². The van der Waals surface area contributed by atoms with E-state index in [1.165, 1.54) is 20.0 Å². The predicted molar refractivity (Wildman–Crippen MR) is 73.5 cm³/mol. The summed E-state index contributed by atoms with van der Waals surface area (Å²) in [6, 6.07) is 0.539. The van der Waals surface area contributed by atoms with Gasteiger partial charge in [-0.2, -0.15) is 0 Å². The van der Waals surface area contributed by atoms with Gasteiger partial charge in [-0.3, -0.25) is 4.79 Å². The zero-order chi connectivity index (χ0) is 13.8. The summed E-state index contributed by atoms with van der Waals surface area (Å²) < 4.78 is 4.94. The van der Waals surface area contributed by atoms with Gasteiger partial charge >= 0.3 is 5.97 Å². The number of rotatable bonds is 8. The third-order valence-corrected chi connectivity index (χ3v) is 3.97. The fraction of sp³-hybridized carbons (Fsp3) is 0.929. The van der Waals surface area contributed by atoms with Gasteiger partial charge in [0, 0.05) is 12.6 Å². The van der Waals surface area contributed by atoms with Crippen LogP contribution in [-0.4, -0.2) is 49.7 Å². The van der Waals surface area contributed by atoms with Gasteiger partial charge in [0.05, 0.1) is 7.11 Å². The van der Waals surface area contributed by atoms with E-state index in [4.69, 9.17) is 4.74 Å². The van der Waals surface area contributed by atoms with Crippen molar-refractivity contribution < 1.29 is 9.53 Å². The largest absolute Gasteiger partial charge is 0.468 e. The molecule has 4 nitrogen and oxygen atoms in total. The first-order valence-electron chi connectivity index (χ1n) is 6.98. The number of ether oxygens (including phenoxy) is 1. The lowest BCUT2D eigenvalue weighted by atomic mass is 10.00. The SMILES string of the molecule is CCCNC(C)(CN(C)C(C)C1CC1)C(=O)OC. The molecule has 0 aromatic heterocycles. The zero-order valence-corrected chi connectivity index (χ0v) is 12.5. The second kappa shape index (κ2) is 6.53. The lowest BCUT2D eigenvalue weighted by molar-refractivity contribution is -0.148. The monoisotopic (exact) mass is 256 g/mol. The zero-order valence-electron chi connectivity index (χ0n) is 12.5. The minimum Gasteiger partial charge on any atom is -0.468 e. The molecule has 0 aromatic rings. The number of carbonyl (C=O) groups excluding carboxylic acids is 1. The van der Waals surface area contributed by atoms with E-state index in [1.807, 2.05) is 6.92 Å². The van der Waals surface area contributed by atoms with Gasteiger partial charge in [0.25, 0.3) is 0 Å². The summed E-state index contributed by atoms with van der Waals surface area (Å²) in [7, 11) is 3.55. The number of hydrogen-bond donors (Lipinski definition) is 1. The van der Waals surface area contributed by atoms with E-state index in [9.17, 15) is 4.79 Å². The second-order valence-corrected chi connectivity index (χ2v) is 5.74. The highest BCUT2D eigenvalue weighted by molar-refractivity contribution is 5.80. The van der Waals surface area contributed by atoms with Crippen molar-refractivity contribution in [1.82, 2.24) is 10.2 Å². The van der Waals surface area contributed by atoms with Crippen LogP contribution in [0.3, 0.4) is 0 Å². The maximum Gasteiger partial charge on any atom is 0.327 e. The minimum absolute atomic E-state index is 0.175. The van der Waals surface area contributed by atoms with Crippen LogP contribution < -0.4 is 5.32 Å². The molecule has 4 heteroatoms. The van der Waals surface area contributed by atoms with Crippen LogP contribution in [0.15, 0.2) is 0 Å². The highest BCUT2D eigenvalue weighted by Crippen LogP contribution is 2.35. The summed E-state index contributed by atoms with van der Waals surface area (Å²) >= 11 is 0. The van der Waals surface area contributed by atoms with Gasteiger partial charge in [0.1, 0.15) is 5.54 Å². The molecule has 1 saturated carbocycles. The Kier molecular flexibility index (Phi) is 5.60. The van der Waals surface area contributed by atoms with Crippen LogP contribution in [0.25, 0.3) is 0 Å². The summed E-state index contributed by atoms with van der Waals surface area (Å²) in [5, 5.41) is 3.33. The number of hydrogen-bond acceptors (Lipinski definition) is 4. The van der Waals surface area contributed by atoms with Gasteiger partial charge in [-0.05, 0) is 52.6 Å². The minimum atomic E-state index is -0.608. The molecule has 18 heavy (non-hydrogen) atoms. The fourth-order valence-electron chi connectivity index (χ4n) is 2.40. The van der Waals surface area contributed by atoms with Crippen molar-refractivity contribution in [3.05, 3.63) is 0 Å². The first-order valence-corrected chi connectivity index (χ1v) is 6.98. The normalized spacial score (nSPS) is 20.6. The molecule has 0 radical (unpaired) electrons. The van der Waals surface area contributed by atoms with Crippen LogP contribution >= 0.6 is 0 Å².